The van der Waals surface area contributed by atoms with Gasteiger partial charge in [-0.25, -0.2) is 13.4 Å². The fraction of sp³-hybridized carbons (Fsp3) is 0.400. The van der Waals surface area contributed by atoms with Crippen LogP contribution in [0.2, 0.25) is 0 Å². The Hall–Kier alpha value is -2.45. The lowest BCUT2D eigenvalue weighted by molar-refractivity contribution is -0.118. The van der Waals surface area contributed by atoms with Crippen molar-refractivity contribution in [3.05, 3.63) is 48.7 Å². The van der Waals surface area contributed by atoms with Gasteiger partial charge in [-0.1, -0.05) is 32.0 Å². The molecule has 1 atom stereocenters. The molecule has 0 aliphatic carbocycles. The Morgan fingerprint density at radius 2 is 1.75 bits per heavy atom. The van der Waals surface area contributed by atoms with E-state index in [9.17, 15) is 13.2 Å². The number of rotatable bonds is 7. The molecule has 0 bridgehead atoms. The second-order valence-electron chi connectivity index (χ2n) is 7.24. The molecular weight excluding hydrogens is 376 g/mol. The van der Waals surface area contributed by atoms with E-state index in [-0.39, 0.29) is 10.8 Å². The molecule has 2 heterocycles. The maximum absolute atomic E-state index is 12.7. The maximum Gasteiger partial charge on any atom is 0.242 e. The van der Waals surface area contributed by atoms with E-state index in [0.29, 0.717) is 5.69 Å². The monoisotopic (exact) mass is 402 g/mol. The van der Waals surface area contributed by atoms with Gasteiger partial charge in [-0.3, -0.25) is 4.79 Å². The van der Waals surface area contributed by atoms with E-state index in [1.807, 2.05) is 6.07 Å². The number of aromatic nitrogens is 1. The average Bonchev–Trinajstić information content (AvgIpc) is 3.22. The molecule has 1 fully saturated rings. The van der Waals surface area contributed by atoms with Gasteiger partial charge in [0.2, 0.25) is 15.9 Å². The van der Waals surface area contributed by atoms with Crippen molar-refractivity contribution in [2.24, 2.45) is 5.92 Å². The van der Waals surface area contributed by atoms with Crippen molar-refractivity contribution in [2.45, 2.75) is 37.6 Å². The van der Waals surface area contributed by atoms with Crippen molar-refractivity contribution in [1.29, 1.82) is 0 Å². The van der Waals surface area contributed by atoms with Crippen molar-refractivity contribution in [1.82, 2.24) is 9.71 Å². The van der Waals surface area contributed by atoms with Crippen LogP contribution in [-0.4, -0.2) is 38.4 Å². The molecule has 1 aliphatic rings. The van der Waals surface area contributed by atoms with E-state index in [2.05, 4.69) is 19.9 Å². The quantitative estimate of drug-likeness (QED) is 0.743. The number of hydrogen-bond acceptors (Lipinski definition) is 5. The number of carbonyl (C=O) groups is 1. The van der Waals surface area contributed by atoms with Gasteiger partial charge in [0.25, 0.3) is 0 Å². The second-order valence-corrected chi connectivity index (χ2v) is 8.96. The summed E-state index contributed by atoms with van der Waals surface area (Å²) in [6.07, 6.45) is 3.93. The number of sulfonamides is 1. The van der Waals surface area contributed by atoms with Crippen molar-refractivity contribution < 1.29 is 13.2 Å². The molecule has 3 rings (SSSR count). The van der Waals surface area contributed by atoms with Gasteiger partial charge in [-0.05, 0) is 43.0 Å². The van der Waals surface area contributed by atoms with Crippen molar-refractivity contribution in [3.63, 3.8) is 0 Å². The standard InChI is InChI=1S/C20H26N4O3S/c1-15(2)19(23-28(26,27)17-8-4-3-5-9-17)20(25)22-16-10-11-18(21-14-16)24-12-6-7-13-24/h3-5,8-11,14-15,19,23H,6-7,12-13H2,1-2H3,(H,22,25)/t19-/m1/s1. The van der Waals surface area contributed by atoms with Gasteiger partial charge in [0.15, 0.2) is 0 Å². The molecular formula is C20H26N4O3S. The highest BCUT2D eigenvalue weighted by Gasteiger charge is 2.28. The minimum Gasteiger partial charge on any atom is -0.357 e. The summed E-state index contributed by atoms with van der Waals surface area (Å²) in [4.78, 5) is 19.5. The molecule has 28 heavy (non-hydrogen) atoms. The SMILES string of the molecule is CC(C)[C@@H](NS(=O)(=O)c1ccccc1)C(=O)Nc1ccc(N2CCCC2)nc1. The molecule has 150 valence electrons. The number of nitrogens with one attached hydrogen (secondary N) is 2. The molecule has 8 heteroatoms. The van der Waals surface area contributed by atoms with E-state index < -0.39 is 22.0 Å². The van der Waals surface area contributed by atoms with Crippen molar-refractivity contribution >= 4 is 27.4 Å². The van der Waals surface area contributed by atoms with E-state index in [4.69, 9.17) is 0 Å². The Morgan fingerprint density at radius 1 is 1.07 bits per heavy atom. The van der Waals surface area contributed by atoms with Crippen LogP contribution >= 0.6 is 0 Å². The summed E-state index contributed by atoms with van der Waals surface area (Å²) in [6, 6.07) is 10.8. The molecule has 1 amide bonds. The van der Waals surface area contributed by atoms with E-state index in [0.717, 1.165) is 31.7 Å². The third-order valence-electron chi connectivity index (χ3n) is 4.73. The molecule has 1 saturated heterocycles. The predicted octanol–water partition coefficient (Wildman–Crippen LogP) is 2.62. The van der Waals surface area contributed by atoms with Gasteiger partial charge in [-0.15, -0.1) is 0 Å². The summed E-state index contributed by atoms with van der Waals surface area (Å²) in [7, 11) is -3.79. The van der Waals surface area contributed by atoms with Gasteiger partial charge in [-0.2, -0.15) is 4.72 Å². The molecule has 1 aromatic carbocycles. The number of nitrogens with zero attached hydrogens (tertiary/aromatic N) is 2. The zero-order chi connectivity index (χ0) is 20.1. The molecule has 0 spiro atoms. The summed E-state index contributed by atoms with van der Waals surface area (Å²) < 4.78 is 27.7. The van der Waals surface area contributed by atoms with E-state index in [1.54, 1.807) is 44.3 Å². The average molecular weight is 403 g/mol. The Balaban J connectivity index is 1.69. The van der Waals surface area contributed by atoms with Gasteiger partial charge in [0.1, 0.15) is 11.9 Å². The fourth-order valence-corrected chi connectivity index (χ4v) is 4.51. The first-order valence-electron chi connectivity index (χ1n) is 9.46. The first kappa shape index (κ1) is 20.3. The lowest BCUT2D eigenvalue weighted by Gasteiger charge is -2.22. The third kappa shape index (κ3) is 4.88. The lowest BCUT2D eigenvalue weighted by atomic mass is 10.1. The van der Waals surface area contributed by atoms with Crippen molar-refractivity contribution in [2.75, 3.05) is 23.3 Å². The molecule has 2 N–H and O–H groups in total. The van der Waals surface area contributed by atoms with Crippen LogP contribution in [0.5, 0.6) is 0 Å². The summed E-state index contributed by atoms with van der Waals surface area (Å²) in [5, 5.41) is 2.77. The van der Waals surface area contributed by atoms with Crippen LogP contribution in [0.4, 0.5) is 11.5 Å². The van der Waals surface area contributed by atoms with E-state index >= 15 is 0 Å². The Bertz CT molecular complexity index is 893. The zero-order valence-electron chi connectivity index (χ0n) is 16.1. The number of carbonyl (C=O) groups excluding carboxylic acids is 1. The van der Waals surface area contributed by atoms with E-state index in [1.165, 1.54) is 12.1 Å². The first-order valence-corrected chi connectivity index (χ1v) is 10.9. The van der Waals surface area contributed by atoms with Crippen molar-refractivity contribution in [3.8, 4) is 0 Å². The van der Waals surface area contributed by atoms with Crippen LogP contribution in [0.15, 0.2) is 53.6 Å². The van der Waals surface area contributed by atoms with Crippen LogP contribution < -0.4 is 14.9 Å². The zero-order valence-corrected chi connectivity index (χ0v) is 16.9. The highest BCUT2D eigenvalue weighted by molar-refractivity contribution is 7.89. The van der Waals surface area contributed by atoms with Gasteiger partial charge in [0.05, 0.1) is 16.8 Å². The number of benzene rings is 1. The smallest absolute Gasteiger partial charge is 0.242 e. The summed E-state index contributed by atoms with van der Waals surface area (Å²) in [6.45, 7) is 5.59. The molecule has 0 saturated carbocycles. The van der Waals surface area contributed by atoms with Crippen LogP contribution in [0.3, 0.4) is 0 Å². The van der Waals surface area contributed by atoms with Gasteiger partial charge < -0.3 is 10.2 Å². The molecule has 0 unspecified atom stereocenters. The van der Waals surface area contributed by atoms with Gasteiger partial charge in [0, 0.05) is 13.1 Å². The van der Waals surface area contributed by atoms with Crippen LogP contribution in [-0.2, 0) is 14.8 Å². The highest BCUT2D eigenvalue weighted by atomic mass is 32.2. The maximum atomic E-state index is 12.7. The number of amides is 1. The van der Waals surface area contributed by atoms with Crippen LogP contribution in [0.25, 0.3) is 0 Å². The molecule has 0 radical (unpaired) electrons. The van der Waals surface area contributed by atoms with Crippen LogP contribution in [0, 0.1) is 5.92 Å². The number of pyridine rings is 1. The molecule has 7 nitrogen and oxygen atoms in total. The summed E-state index contributed by atoms with van der Waals surface area (Å²) in [5.41, 5.74) is 0.539. The lowest BCUT2D eigenvalue weighted by Crippen LogP contribution is -2.47. The summed E-state index contributed by atoms with van der Waals surface area (Å²) >= 11 is 0. The third-order valence-corrected chi connectivity index (χ3v) is 6.19. The normalized spacial score (nSPS) is 15.6. The Labute approximate surface area is 166 Å². The predicted molar refractivity (Wildman–Crippen MR) is 110 cm³/mol. The first-order chi connectivity index (χ1) is 13.4. The fourth-order valence-electron chi connectivity index (χ4n) is 3.14. The molecule has 1 aromatic heterocycles. The number of hydrogen-bond donors (Lipinski definition) is 2. The minimum atomic E-state index is -3.79. The Morgan fingerprint density at radius 3 is 2.32 bits per heavy atom. The number of anilines is 2. The summed E-state index contributed by atoms with van der Waals surface area (Å²) in [5.74, 6) is 0.251. The Kier molecular flexibility index (Phi) is 6.31. The van der Waals surface area contributed by atoms with Crippen LogP contribution in [0.1, 0.15) is 26.7 Å². The molecule has 2 aromatic rings. The minimum absolute atomic E-state index is 0.130. The largest absolute Gasteiger partial charge is 0.357 e. The molecule has 1 aliphatic heterocycles. The van der Waals surface area contributed by atoms with Gasteiger partial charge >= 0.3 is 0 Å². The topological polar surface area (TPSA) is 91.4 Å². The highest BCUT2D eigenvalue weighted by Crippen LogP contribution is 2.20. The second kappa shape index (κ2) is 8.70.